The molecule has 3 aromatic carbocycles. The highest BCUT2D eigenvalue weighted by molar-refractivity contribution is 5.95. The molecule has 2 amide bonds. The molecule has 8 heteroatoms. The molecule has 0 spiro atoms. The molecule has 34 heavy (non-hydrogen) atoms. The number of pyridine rings is 1. The Bertz CT molecular complexity index is 1330. The second-order valence-corrected chi connectivity index (χ2v) is 7.41. The molecule has 172 valence electrons. The van der Waals surface area contributed by atoms with Crippen LogP contribution in [0.3, 0.4) is 0 Å². The maximum Gasteiger partial charge on any atom is 0.343 e. The van der Waals surface area contributed by atoms with Crippen LogP contribution in [0.25, 0.3) is 22.2 Å². The second kappa shape index (κ2) is 10.4. The Morgan fingerprint density at radius 1 is 0.971 bits per heavy atom. The summed E-state index contributed by atoms with van der Waals surface area (Å²) in [4.78, 5) is 28.7. The topological polar surface area (TPSA) is 89.6 Å². The van der Waals surface area contributed by atoms with E-state index in [1.807, 2.05) is 30.3 Å². The molecule has 0 saturated heterocycles. The van der Waals surface area contributed by atoms with Crippen LogP contribution in [0.4, 0.5) is 14.9 Å². The first-order valence-electron chi connectivity index (χ1n) is 10.5. The van der Waals surface area contributed by atoms with Crippen molar-refractivity contribution in [3.63, 3.8) is 0 Å². The molecule has 1 aromatic heterocycles. The first-order valence-corrected chi connectivity index (χ1v) is 10.5. The number of hydrogen-bond acceptors (Lipinski definition) is 5. The number of anilines is 1. The van der Waals surface area contributed by atoms with Gasteiger partial charge < -0.3 is 20.1 Å². The second-order valence-electron chi connectivity index (χ2n) is 7.41. The first-order chi connectivity index (χ1) is 16.5. The van der Waals surface area contributed by atoms with Gasteiger partial charge in [0.2, 0.25) is 0 Å². The Morgan fingerprint density at radius 3 is 2.56 bits per heavy atom. The molecular formula is C26H22FN3O4. The van der Waals surface area contributed by atoms with Gasteiger partial charge in [-0.1, -0.05) is 42.5 Å². The van der Waals surface area contributed by atoms with Gasteiger partial charge in [-0.05, 0) is 35.9 Å². The molecule has 0 atom stereocenters. The van der Waals surface area contributed by atoms with Gasteiger partial charge in [0.25, 0.3) is 0 Å². The van der Waals surface area contributed by atoms with Crippen LogP contribution in [0.15, 0.2) is 78.9 Å². The highest BCUT2D eigenvalue weighted by atomic mass is 19.1. The number of benzene rings is 3. The molecule has 0 radical (unpaired) electrons. The Kier molecular flexibility index (Phi) is 6.98. The van der Waals surface area contributed by atoms with Crippen LogP contribution < -0.4 is 15.4 Å². The van der Waals surface area contributed by atoms with Crippen molar-refractivity contribution in [1.29, 1.82) is 0 Å². The van der Waals surface area contributed by atoms with Crippen molar-refractivity contribution >= 4 is 28.6 Å². The summed E-state index contributed by atoms with van der Waals surface area (Å²) < 4.78 is 23.7. The van der Waals surface area contributed by atoms with Gasteiger partial charge in [-0.25, -0.2) is 19.0 Å². The minimum atomic E-state index is -0.516. The lowest BCUT2D eigenvalue weighted by Crippen LogP contribution is -2.28. The number of amides is 2. The van der Waals surface area contributed by atoms with Crippen LogP contribution in [-0.2, 0) is 16.1 Å². The molecule has 2 N–H and O–H groups in total. The Hall–Kier alpha value is -4.46. The summed E-state index contributed by atoms with van der Waals surface area (Å²) >= 11 is 0. The molecule has 0 bridgehead atoms. The van der Waals surface area contributed by atoms with Gasteiger partial charge in [0, 0.05) is 29.2 Å². The monoisotopic (exact) mass is 459 g/mol. The van der Waals surface area contributed by atoms with E-state index in [0.717, 1.165) is 5.56 Å². The molecule has 1 heterocycles. The summed E-state index contributed by atoms with van der Waals surface area (Å²) in [5.74, 6) is -0.452. The van der Waals surface area contributed by atoms with E-state index < -0.39 is 12.0 Å². The number of ether oxygens (including phenoxy) is 2. The lowest BCUT2D eigenvalue weighted by atomic mass is 10.1. The largest absolute Gasteiger partial charge is 0.481 e. The lowest BCUT2D eigenvalue weighted by Gasteiger charge is -2.13. The van der Waals surface area contributed by atoms with E-state index in [-0.39, 0.29) is 19.0 Å². The fourth-order valence-corrected chi connectivity index (χ4v) is 3.35. The fourth-order valence-electron chi connectivity index (χ4n) is 3.35. The van der Waals surface area contributed by atoms with Crippen LogP contribution in [0.2, 0.25) is 0 Å². The summed E-state index contributed by atoms with van der Waals surface area (Å²) in [5, 5.41) is 6.06. The van der Waals surface area contributed by atoms with Gasteiger partial charge in [-0.15, -0.1) is 0 Å². The van der Waals surface area contributed by atoms with E-state index in [0.29, 0.717) is 33.6 Å². The van der Waals surface area contributed by atoms with Crippen LogP contribution in [0.5, 0.6) is 5.75 Å². The van der Waals surface area contributed by atoms with Crippen LogP contribution in [0, 0.1) is 5.82 Å². The fraction of sp³-hybridized carbons (Fsp3) is 0.115. The van der Waals surface area contributed by atoms with Crippen molar-refractivity contribution in [3.8, 4) is 17.0 Å². The minimum Gasteiger partial charge on any atom is -0.481 e. The van der Waals surface area contributed by atoms with Crippen molar-refractivity contribution in [2.75, 3.05) is 19.0 Å². The maximum atomic E-state index is 13.3. The highest BCUT2D eigenvalue weighted by Crippen LogP contribution is 2.32. The SMILES string of the molecule is COC(=O)COc1cc(-c2ccccc2)nc2ccc(NC(=O)NCc3cccc(F)c3)cc12. The molecule has 0 saturated carbocycles. The summed E-state index contributed by atoms with van der Waals surface area (Å²) in [6.45, 7) is -0.0950. The average Bonchev–Trinajstić information content (AvgIpc) is 2.86. The summed E-state index contributed by atoms with van der Waals surface area (Å²) in [7, 11) is 1.29. The van der Waals surface area contributed by atoms with Gasteiger partial charge in [0.15, 0.2) is 6.61 Å². The number of hydrogen-bond donors (Lipinski definition) is 2. The number of urea groups is 1. The third-order valence-electron chi connectivity index (χ3n) is 5.01. The number of carbonyl (C=O) groups excluding carboxylic acids is 2. The van der Waals surface area contributed by atoms with Crippen molar-refractivity contribution < 1.29 is 23.5 Å². The molecular weight excluding hydrogens is 437 g/mol. The summed E-state index contributed by atoms with van der Waals surface area (Å²) in [5.41, 5.74) is 3.35. The van der Waals surface area contributed by atoms with Gasteiger partial charge in [-0.3, -0.25) is 0 Å². The summed E-state index contributed by atoms with van der Waals surface area (Å²) in [6.07, 6.45) is 0. The normalized spacial score (nSPS) is 10.5. The van der Waals surface area contributed by atoms with Gasteiger partial charge in [0.1, 0.15) is 11.6 Å². The number of aromatic nitrogens is 1. The molecule has 0 aliphatic rings. The quantitative estimate of drug-likeness (QED) is 0.383. The standard InChI is InChI=1S/C26H22FN3O4/c1-33-25(31)16-34-24-14-23(18-7-3-2-4-8-18)30-22-11-10-20(13-21(22)24)29-26(32)28-15-17-6-5-9-19(27)12-17/h2-14H,15-16H2,1H3,(H2,28,29,32). The van der Waals surface area contributed by atoms with Crippen molar-refractivity contribution in [2.24, 2.45) is 0 Å². The average molecular weight is 459 g/mol. The minimum absolute atomic E-state index is 0.173. The number of fused-ring (bicyclic) bond motifs is 1. The van der Waals surface area contributed by atoms with Crippen molar-refractivity contribution in [3.05, 3.63) is 90.2 Å². The van der Waals surface area contributed by atoms with E-state index in [9.17, 15) is 14.0 Å². The van der Waals surface area contributed by atoms with Gasteiger partial charge in [0.05, 0.1) is 18.3 Å². The number of methoxy groups -OCH3 is 1. The van der Waals surface area contributed by atoms with Crippen LogP contribution in [0.1, 0.15) is 5.56 Å². The lowest BCUT2D eigenvalue weighted by molar-refractivity contribution is -0.142. The highest BCUT2D eigenvalue weighted by Gasteiger charge is 2.13. The van der Waals surface area contributed by atoms with Crippen molar-refractivity contribution in [1.82, 2.24) is 10.3 Å². The van der Waals surface area contributed by atoms with E-state index in [2.05, 4.69) is 15.4 Å². The van der Waals surface area contributed by atoms with E-state index in [1.165, 1.54) is 19.2 Å². The first kappa shape index (κ1) is 22.7. The number of nitrogens with one attached hydrogen (secondary N) is 2. The molecule has 4 rings (SSSR count). The van der Waals surface area contributed by atoms with Crippen molar-refractivity contribution in [2.45, 2.75) is 6.54 Å². The van der Waals surface area contributed by atoms with E-state index in [1.54, 1.807) is 36.4 Å². The smallest absolute Gasteiger partial charge is 0.343 e. The van der Waals surface area contributed by atoms with E-state index >= 15 is 0 Å². The van der Waals surface area contributed by atoms with Crippen LogP contribution in [-0.4, -0.2) is 30.7 Å². The van der Waals surface area contributed by atoms with Crippen LogP contribution >= 0.6 is 0 Å². The molecule has 0 aliphatic heterocycles. The molecule has 0 fully saturated rings. The molecule has 4 aromatic rings. The Balaban J connectivity index is 1.57. The zero-order valence-electron chi connectivity index (χ0n) is 18.4. The Labute approximate surface area is 195 Å². The predicted molar refractivity (Wildman–Crippen MR) is 127 cm³/mol. The van der Waals surface area contributed by atoms with Gasteiger partial charge >= 0.3 is 12.0 Å². The number of esters is 1. The molecule has 7 nitrogen and oxygen atoms in total. The number of halogens is 1. The number of rotatable bonds is 7. The zero-order valence-corrected chi connectivity index (χ0v) is 18.4. The third-order valence-corrected chi connectivity index (χ3v) is 5.01. The molecule has 0 unspecified atom stereocenters. The van der Waals surface area contributed by atoms with Gasteiger partial charge in [-0.2, -0.15) is 0 Å². The molecule has 0 aliphatic carbocycles. The van der Waals surface area contributed by atoms with E-state index in [4.69, 9.17) is 9.72 Å². The number of carbonyl (C=O) groups is 2. The number of nitrogens with zero attached hydrogens (tertiary/aromatic N) is 1. The predicted octanol–water partition coefficient (Wildman–Crippen LogP) is 4.91. The Morgan fingerprint density at radius 2 is 1.79 bits per heavy atom. The zero-order chi connectivity index (χ0) is 23.9. The maximum absolute atomic E-state index is 13.3. The summed E-state index contributed by atoms with van der Waals surface area (Å²) in [6, 6.07) is 22.1. The third kappa shape index (κ3) is 5.66.